The number of hydrogen-bond donors (Lipinski definition) is 3. The maximum absolute atomic E-state index is 11.9. The fraction of sp³-hybridized carbons (Fsp3) is 0.154. The van der Waals surface area contributed by atoms with Crippen molar-refractivity contribution in [2.45, 2.75) is 6.54 Å². The molecule has 4 N–H and O–H groups in total. The topological polar surface area (TPSA) is 85.0 Å². The SMILES string of the molecule is Cn1ncc(C(N)=S)c1NC(=O)NCc1ccccc1. The number of hydrogen-bond acceptors (Lipinski definition) is 3. The molecule has 0 unspecified atom stereocenters. The lowest BCUT2D eigenvalue weighted by atomic mass is 10.2. The smallest absolute Gasteiger partial charge is 0.320 e. The van der Waals surface area contributed by atoms with Gasteiger partial charge in [-0.05, 0) is 5.56 Å². The molecule has 0 bridgehead atoms. The molecule has 2 aromatic rings. The van der Waals surface area contributed by atoms with E-state index < -0.39 is 0 Å². The van der Waals surface area contributed by atoms with Crippen LogP contribution in [0.5, 0.6) is 0 Å². The Morgan fingerprint density at radius 3 is 2.75 bits per heavy atom. The number of amides is 2. The minimum atomic E-state index is -0.338. The fourth-order valence-electron chi connectivity index (χ4n) is 1.70. The van der Waals surface area contributed by atoms with Gasteiger partial charge >= 0.3 is 6.03 Å². The Morgan fingerprint density at radius 2 is 2.10 bits per heavy atom. The van der Waals surface area contributed by atoms with Gasteiger partial charge in [-0.3, -0.25) is 10.00 Å². The van der Waals surface area contributed by atoms with E-state index in [1.807, 2.05) is 30.3 Å². The number of urea groups is 1. The standard InChI is InChI=1S/C13H15N5OS/c1-18-12(10(8-16-18)11(14)20)17-13(19)15-7-9-5-3-2-4-6-9/h2-6,8H,7H2,1H3,(H2,14,20)(H2,15,17,19). The second kappa shape index (κ2) is 6.16. The Bertz CT molecular complexity index is 623. The number of benzene rings is 1. The van der Waals surface area contributed by atoms with Gasteiger partial charge in [0.15, 0.2) is 0 Å². The molecule has 0 radical (unpaired) electrons. The van der Waals surface area contributed by atoms with Crippen LogP contribution in [0, 0.1) is 0 Å². The number of carbonyl (C=O) groups excluding carboxylic acids is 1. The molecule has 0 saturated carbocycles. The summed E-state index contributed by atoms with van der Waals surface area (Å²) in [5.41, 5.74) is 7.13. The summed E-state index contributed by atoms with van der Waals surface area (Å²) in [4.78, 5) is 12.1. The number of nitrogens with two attached hydrogens (primary N) is 1. The predicted octanol–water partition coefficient (Wildman–Crippen LogP) is 1.38. The van der Waals surface area contributed by atoms with Crippen LogP contribution in [0.15, 0.2) is 36.5 Å². The number of aromatic nitrogens is 2. The number of nitrogens with zero attached hydrogens (tertiary/aromatic N) is 2. The largest absolute Gasteiger partial charge is 0.389 e. The summed E-state index contributed by atoms with van der Waals surface area (Å²) >= 11 is 4.91. The summed E-state index contributed by atoms with van der Waals surface area (Å²) in [7, 11) is 1.70. The number of rotatable bonds is 4. The molecule has 0 aliphatic rings. The van der Waals surface area contributed by atoms with Crippen molar-refractivity contribution in [3.8, 4) is 0 Å². The maximum atomic E-state index is 11.9. The Hall–Kier alpha value is -2.41. The van der Waals surface area contributed by atoms with Crippen molar-refractivity contribution >= 4 is 29.1 Å². The van der Waals surface area contributed by atoms with Crippen molar-refractivity contribution in [2.24, 2.45) is 12.8 Å². The van der Waals surface area contributed by atoms with Crippen LogP contribution in [0.3, 0.4) is 0 Å². The molecule has 0 aliphatic carbocycles. The van der Waals surface area contributed by atoms with Crippen LogP contribution in [0.2, 0.25) is 0 Å². The van der Waals surface area contributed by atoms with Crippen molar-refractivity contribution in [3.63, 3.8) is 0 Å². The van der Waals surface area contributed by atoms with Crippen LogP contribution in [-0.4, -0.2) is 20.8 Å². The first-order valence-electron chi connectivity index (χ1n) is 5.98. The zero-order valence-electron chi connectivity index (χ0n) is 11.0. The molecule has 0 spiro atoms. The van der Waals surface area contributed by atoms with Gasteiger partial charge in [0, 0.05) is 13.6 Å². The minimum absolute atomic E-state index is 0.191. The highest BCUT2D eigenvalue weighted by atomic mass is 32.1. The Labute approximate surface area is 122 Å². The second-order valence-electron chi connectivity index (χ2n) is 4.19. The number of anilines is 1. The van der Waals surface area contributed by atoms with Crippen LogP contribution in [-0.2, 0) is 13.6 Å². The van der Waals surface area contributed by atoms with E-state index in [0.29, 0.717) is 17.9 Å². The third kappa shape index (κ3) is 3.33. The third-order valence-electron chi connectivity index (χ3n) is 2.73. The van der Waals surface area contributed by atoms with Gasteiger partial charge in [0.2, 0.25) is 0 Å². The fourth-order valence-corrected chi connectivity index (χ4v) is 1.85. The van der Waals surface area contributed by atoms with Crippen LogP contribution < -0.4 is 16.4 Å². The van der Waals surface area contributed by atoms with Crippen molar-refractivity contribution in [3.05, 3.63) is 47.7 Å². The summed E-state index contributed by atoms with van der Waals surface area (Å²) in [5.74, 6) is 0.475. The van der Waals surface area contributed by atoms with E-state index in [1.165, 1.54) is 10.9 Å². The molecule has 1 aromatic carbocycles. The van der Waals surface area contributed by atoms with Gasteiger partial charge in [-0.25, -0.2) is 4.79 Å². The lowest BCUT2D eigenvalue weighted by molar-refractivity contribution is 0.251. The van der Waals surface area contributed by atoms with Gasteiger partial charge in [-0.2, -0.15) is 5.10 Å². The molecule has 2 amide bonds. The van der Waals surface area contributed by atoms with Gasteiger partial charge in [-0.1, -0.05) is 42.5 Å². The molecule has 6 nitrogen and oxygen atoms in total. The van der Waals surface area contributed by atoms with Gasteiger partial charge in [0.25, 0.3) is 0 Å². The monoisotopic (exact) mass is 289 g/mol. The lowest BCUT2D eigenvalue weighted by Gasteiger charge is -2.09. The van der Waals surface area contributed by atoms with E-state index in [4.69, 9.17) is 18.0 Å². The summed E-state index contributed by atoms with van der Waals surface area (Å²) < 4.78 is 1.51. The number of aryl methyl sites for hydroxylation is 1. The van der Waals surface area contributed by atoms with Crippen LogP contribution in [0.25, 0.3) is 0 Å². The third-order valence-corrected chi connectivity index (χ3v) is 2.95. The normalized spacial score (nSPS) is 10.1. The number of thiocarbonyl (C=S) groups is 1. The molecule has 1 heterocycles. The molecule has 20 heavy (non-hydrogen) atoms. The molecule has 1 aromatic heterocycles. The maximum Gasteiger partial charge on any atom is 0.320 e. The Balaban J connectivity index is 1.98. The van der Waals surface area contributed by atoms with E-state index >= 15 is 0 Å². The zero-order valence-corrected chi connectivity index (χ0v) is 11.8. The van der Waals surface area contributed by atoms with Gasteiger partial charge in [0.05, 0.1) is 11.8 Å². The highest BCUT2D eigenvalue weighted by Crippen LogP contribution is 2.13. The van der Waals surface area contributed by atoms with Crippen LogP contribution in [0.4, 0.5) is 10.6 Å². The summed E-state index contributed by atoms with van der Waals surface area (Å²) in [6, 6.07) is 9.29. The lowest BCUT2D eigenvalue weighted by Crippen LogP contribution is -2.30. The first kappa shape index (κ1) is 14.0. The summed E-state index contributed by atoms with van der Waals surface area (Å²) in [6.07, 6.45) is 1.52. The van der Waals surface area contributed by atoms with Crippen molar-refractivity contribution in [1.29, 1.82) is 0 Å². The molecule has 0 atom stereocenters. The average Bonchev–Trinajstić information content (AvgIpc) is 2.79. The molecule has 0 saturated heterocycles. The molecule has 0 aliphatic heterocycles. The summed E-state index contributed by atoms with van der Waals surface area (Å²) in [5, 5.41) is 9.46. The molecule has 0 fully saturated rings. The van der Waals surface area contributed by atoms with Crippen molar-refractivity contribution in [1.82, 2.24) is 15.1 Å². The van der Waals surface area contributed by atoms with Crippen molar-refractivity contribution in [2.75, 3.05) is 5.32 Å². The Morgan fingerprint density at radius 1 is 1.40 bits per heavy atom. The average molecular weight is 289 g/mol. The molecule has 2 rings (SSSR count). The van der Waals surface area contributed by atoms with Gasteiger partial charge in [-0.15, -0.1) is 0 Å². The van der Waals surface area contributed by atoms with Gasteiger partial charge in [0.1, 0.15) is 10.8 Å². The first-order valence-corrected chi connectivity index (χ1v) is 6.39. The molecule has 7 heteroatoms. The number of carbonyl (C=O) groups is 1. The minimum Gasteiger partial charge on any atom is -0.389 e. The van der Waals surface area contributed by atoms with E-state index in [-0.39, 0.29) is 11.0 Å². The predicted molar refractivity (Wildman–Crippen MR) is 81.4 cm³/mol. The Kier molecular flexibility index (Phi) is 4.31. The first-order chi connectivity index (χ1) is 9.58. The molecule has 104 valence electrons. The number of nitrogens with one attached hydrogen (secondary N) is 2. The van der Waals surface area contributed by atoms with Crippen molar-refractivity contribution < 1.29 is 4.79 Å². The highest BCUT2D eigenvalue weighted by Gasteiger charge is 2.13. The van der Waals surface area contributed by atoms with Gasteiger partial charge < -0.3 is 11.1 Å². The van der Waals surface area contributed by atoms with Crippen LogP contribution >= 0.6 is 12.2 Å². The summed E-state index contributed by atoms with van der Waals surface area (Å²) in [6.45, 7) is 0.437. The van der Waals surface area contributed by atoms with E-state index in [9.17, 15) is 4.79 Å². The quantitative estimate of drug-likeness (QED) is 0.742. The molecular formula is C13H15N5OS. The van der Waals surface area contributed by atoms with E-state index in [2.05, 4.69) is 15.7 Å². The van der Waals surface area contributed by atoms with Crippen LogP contribution in [0.1, 0.15) is 11.1 Å². The van der Waals surface area contributed by atoms with E-state index in [1.54, 1.807) is 7.05 Å². The zero-order chi connectivity index (χ0) is 14.5. The molecular weight excluding hydrogens is 274 g/mol. The van der Waals surface area contributed by atoms with E-state index in [0.717, 1.165) is 5.56 Å². The highest BCUT2D eigenvalue weighted by molar-refractivity contribution is 7.80. The second-order valence-corrected chi connectivity index (χ2v) is 4.63.